The zero-order valence-corrected chi connectivity index (χ0v) is 11.6. The van der Waals surface area contributed by atoms with Crippen molar-refractivity contribution < 1.29 is 27.1 Å². The number of ether oxygens (including phenoxy) is 1. The van der Waals surface area contributed by atoms with Gasteiger partial charge < -0.3 is 9.64 Å². The van der Waals surface area contributed by atoms with Crippen LogP contribution in [0.3, 0.4) is 0 Å². The summed E-state index contributed by atoms with van der Waals surface area (Å²) in [6.45, 7) is 3.43. The molecule has 0 aromatic heterocycles. The second-order valence-electron chi connectivity index (χ2n) is 5.36. The van der Waals surface area contributed by atoms with Crippen LogP contribution in [0.5, 0.6) is 0 Å². The lowest BCUT2D eigenvalue weighted by atomic mass is 10.0. The van der Waals surface area contributed by atoms with Gasteiger partial charge in [0.1, 0.15) is 0 Å². The minimum atomic E-state index is -1.96. The van der Waals surface area contributed by atoms with Crippen molar-refractivity contribution in [2.45, 2.75) is 6.04 Å². The largest absolute Gasteiger partial charge is 0.379 e. The van der Waals surface area contributed by atoms with Crippen LogP contribution in [0.2, 0.25) is 0 Å². The Morgan fingerprint density at radius 2 is 1.68 bits per heavy atom. The van der Waals surface area contributed by atoms with E-state index in [9.17, 15) is 22.4 Å². The normalized spacial score (nSPS) is 20.1. The predicted molar refractivity (Wildman–Crippen MR) is 68.4 cm³/mol. The van der Waals surface area contributed by atoms with Crippen LogP contribution in [0.15, 0.2) is 6.07 Å². The van der Waals surface area contributed by atoms with Crippen molar-refractivity contribution in [3.63, 3.8) is 0 Å². The van der Waals surface area contributed by atoms with Crippen molar-refractivity contribution in [1.29, 1.82) is 0 Å². The summed E-state index contributed by atoms with van der Waals surface area (Å²) in [7, 11) is 0. The van der Waals surface area contributed by atoms with E-state index in [1.807, 2.05) is 0 Å². The molecular formula is C14H14F4N2O2. The average Bonchev–Trinajstić information content (AvgIpc) is 2.48. The van der Waals surface area contributed by atoms with Gasteiger partial charge in [-0.15, -0.1) is 0 Å². The second kappa shape index (κ2) is 5.85. The van der Waals surface area contributed by atoms with Gasteiger partial charge in [0, 0.05) is 32.2 Å². The summed E-state index contributed by atoms with van der Waals surface area (Å²) >= 11 is 0. The smallest absolute Gasteiger partial charge is 0.257 e. The molecule has 2 aliphatic rings. The van der Waals surface area contributed by atoms with Crippen LogP contribution in [-0.2, 0) is 4.74 Å². The van der Waals surface area contributed by atoms with Crippen LogP contribution in [0.1, 0.15) is 10.4 Å². The number of carbonyl (C=O) groups is 1. The van der Waals surface area contributed by atoms with Crippen molar-refractivity contribution in [3.05, 3.63) is 34.9 Å². The molecule has 1 amide bonds. The number of halogens is 4. The summed E-state index contributed by atoms with van der Waals surface area (Å²) in [5, 5.41) is 0. The maximum absolute atomic E-state index is 13.6. The van der Waals surface area contributed by atoms with E-state index in [0.717, 1.165) is 13.1 Å². The fourth-order valence-electron chi connectivity index (χ4n) is 2.69. The van der Waals surface area contributed by atoms with Crippen molar-refractivity contribution in [1.82, 2.24) is 9.80 Å². The molecule has 0 atom stereocenters. The molecule has 0 bridgehead atoms. The molecule has 0 spiro atoms. The molecule has 0 radical (unpaired) electrons. The van der Waals surface area contributed by atoms with Crippen LogP contribution >= 0.6 is 0 Å². The van der Waals surface area contributed by atoms with Gasteiger partial charge in [-0.25, -0.2) is 17.6 Å². The van der Waals surface area contributed by atoms with E-state index in [-0.39, 0.29) is 6.04 Å². The van der Waals surface area contributed by atoms with E-state index in [1.54, 1.807) is 0 Å². The highest BCUT2D eigenvalue weighted by Gasteiger charge is 2.37. The van der Waals surface area contributed by atoms with Gasteiger partial charge in [-0.2, -0.15) is 0 Å². The zero-order valence-electron chi connectivity index (χ0n) is 11.6. The number of amides is 1. The number of carbonyl (C=O) groups excluding carboxylic acids is 1. The fourth-order valence-corrected chi connectivity index (χ4v) is 2.69. The molecule has 8 heteroatoms. The third-order valence-corrected chi connectivity index (χ3v) is 4.04. The summed E-state index contributed by atoms with van der Waals surface area (Å²) in [5.41, 5.74) is -0.781. The molecular weight excluding hydrogens is 304 g/mol. The Balaban J connectivity index is 1.69. The first-order valence-corrected chi connectivity index (χ1v) is 6.93. The van der Waals surface area contributed by atoms with Crippen molar-refractivity contribution in [2.24, 2.45) is 0 Å². The number of nitrogens with zero attached hydrogens (tertiary/aromatic N) is 2. The van der Waals surface area contributed by atoms with Crippen molar-refractivity contribution in [3.8, 4) is 0 Å². The van der Waals surface area contributed by atoms with E-state index in [1.165, 1.54) is 4.90 Å². The number of rotatable bonds is 2. The first kappa shape index (κ1) is 15.2. The molecule has 2 heterocycles. The van der Waals surface area contributed by atoms with Gasteiger partial charge in [0.25, 0.3) is 5.91 Å². The molecule has 22 heavy (non-hydrogen) atoms. The Morgan fingerprint density at radius 1 is 1.05 bits per heavy atom. The molecule has 1 aromatic carbocycles. The molecule has 4 nitrogen and oxygen atoms in total. The standard InChI is InChI=1S/C14H14F4N2O2/c15-10-5-9(11(16)13(18)12(10)17)14(21)20-6-8(7-20)19-1-3-22-4-2-19/h5,8H,1-4,6-7H2. The monoisotopic (exact) mass is 318 g/mol. The summed E-state index contributed by atoms with van der Waals surface area (Å²) < 4.78 is 58.1. The Bertz CT molecular complexity index is 599. The van der Waals surface area contributed by atoms with E-state index in [4.69, 9.17) is 4.74 Å². The van der Waals surface area contributed by atoms with Crippen LogP contribution in [0, 0.1) is 23.3 Å². The van der Waals surface area contributed by atoms with Gasteiger partial charge in [0.15, 0.2) is 23.3 Å². The lowest BCUT2D eigenvalue weighted by molar-refractivity contribution is -0.0257. The highest BCUT2D eigenvalue weighted by atomic mass is 19.2. The highest BCUT2D eigenvalue weighted by Crippen LogP contribution is 2.23. The number of benzene rings is 1. The lowest BCUT2D eigenvalue weighted by Gasteiger charge is -2.46. The van der Waals surface area contributed by atoms with Gasteiger partial charge >= 0.3 is 0 Å². The Kier molecular flexibility index (Phi) is 4.05. The number of hydrogen-bond acceptors (Lipinski definition) is 3. The molecule has 0 N–H and O–H groups in total. The van der Waals surface area contributed by atoms with Crippen LogP contribution in [0.4, 0.5) is 17.6 Å². The maximum Gasteiger partial charge on any atom is 0.257 e. The molecule has 120 valence electrons. The fraction of sp³-hybridized carbons (Fsp3) is 0.500. The zero-order chi connectivity index (χ0) is 15.9. The molecule has 2 aliphatic heterocycles. The minimum absolute atomic E-state index is 0.131. The number of hydrogen-bond donors (Lipinski definition) is 0. The van der Waals surface area contributed by atoms with Crippen LogP contribution in [-0.4, -0.2) is 61.1 Å². The minimum Gasteiger partial charge on any atom is -0.379 e. The van der Waals surface area contributed by atoms with Crippen molar-refractivity contribution >= 4 is 5.91 Å². The topological polar surface area (TPSA) is 32.8 Å². The first-order valence-electron chi connectivity index (χ1n) is 6.93. The van der Waals surface area contributed by atoms with E-state index in [2.05, 4.69) is 4.90 Å². The Hall–Kier alpha value is -1.67. The molecule has 2 fully saturated rings. The number of likely N-dealkylation sites (tertiary alicyclic amines) is 1. The highest BCUT2D eigenvalue weighted by molar-refractivity contribution is 5.95. The molecule has 3 rings (SSSR count). The third-order valence-electron chi connectivity index (χ3n) is 4.04. The van der Waals surface area contributed by atoms with E-state index >= 15 is 0 Å². The van der Waals surface area contributed by atoms with Gasteiger partial charge in [-0.1, -0.05) is 0 Å². The van der Waals surface area contributed by atoms with E-state index < -0.39 is 34.7 Å². The maximum atomic E-state index is 13.6. The van der Waals surface area contributed by atoms with Crippen LogP contribution < -0.4 is 0 Å². The Morgan fingerprint density at radius 3 is 2.32 bits per heavy atom. The van der Waals surface area contributed by atoms with Gasteiger partial charge in [-0.05, 0) is 6.07 Å². The molecule has 0 aliphatic carbocycles. The predicted octanol–water partition coefficient (Wildman–Crippen LogP) is 1.40. The first-order chi connectivity index (χ1) is 10.5. The second-order valence-corrected chi connectivity index (χ2v) is 5.36. The summed E-state index contributed by atoms with van der Waals surface area (Å²) in [4.78, 5) is 15.5. The summed E-state index contributed by atoms with van der Waals surface area (Å²) in [6, 6.07) is 0.532. The molecule has 2 saturated heterocycles. The van der Waals surface area contributed by atoms with Gasteiger partial charge in [0.05, 0.1) is 18.8 Å². The molecule has 1 aromatic rings. The summed E-state index contributed by atoms with van der Waals surface area (Å²) in [6.07, 6.45) is 0. The van der Waals surface area contributed by atoms with Crippen molar-refractivity contribution in [2.75, 3.05) is 39.4 Å². The molecule has 0 unspecified atom stereocenters. The summed E-state index contributed by atoms with van der Waals surface area (Å²) in [5.74, 6) is -7.94. The van der Waals surface area contributed by atoms with Gasteiger partial charge in [-0.3, -0.25) is 9.69 Å². The van der Waals surface area contributed by atoms with Crippen LogP contribution in [0.25, 0.3) is 0 Å². The Labute approximate surface area is 124 Å². The number of morpholine rings is 1. The third kappa shape index (κ3) is 2.56. The average molecular weight is 318 g/mol. The quantitative estimate of drug-likeness (QED) is 0.469. The van der Waals surface area contributed by atoms with E-state index in [0.29, 0.717) is 32.4 Å². The van der Waals surface area contributed by atoms with Gasteiger partial charge in [0.2, 0.25) is 0 Å². The molecule has 0 saturated carbocycles. The lowest BCUT2D eigenvalue weighted by Crippen LogP contribution is -2.62. The SMILES string of the molecule is O=C(c1cc(F)c(F)c(F)c1F)N1CC(N2CCOCC2)C1.